The summed E-state index contributed by atoms with van der Waals surface area (Å²) in [4.78, 5) is 26.9. The Morgan fingerprint density at radius 1 is 1.35 bits per heavy atom. The topological polar surface area (TPSA) is 58.6 Å². The molecule has 1 saturated heterocycles. The Balaban J connectivity index is 2.19. The number of carbonyl (C=O) groups is 2. The fraction of sp³-hybridized carbons (Fsp3) is 0.529. The Morgan fingerprint density at radius 2 is 2.04 bits per heavy atom. The standard InChI is InChI=1S/C17H24N2O3S/c1-12(2)16(21)19-14(15(20)18-9-10-22-3)11-23-17(19)13-7-5-4-6-8-13/h4-8,12,14,17H,9-11H2,1-3H3,(H,18,20)/t14-,17+/m0/s1. The number of carbonyl (C=O) groups excluding carboxylic acids is 2. The maximum Gasteiger partial charge on any atom is 0.243 e. The summed E-state index contributed by atoms with van der Waals surface area (Å²) < 4.78 is 4.96. The molecule has 0 aromatic heterocycles. The molecular formula is C17H24N2O3S. The van der Waals surface area contributed by atoms with Gasteiger partial charge in [0.2, 0.25) is 11.8 Å². The molecule has 23 heavy (non-hydrogen) atoms. The van der Waals surface area contributed by atoms with Gasteiger partial charge in [-0.25, -0.2) is 0 Å². The van der Waals surface area contributed by atoms with Gasteiger partial charge in [0.15, 0.2) is 0 Å². The van der Waals surface area contributed by atoms with Crippen molar-refractivity contribution in [2.45, 2.75) is 25.3 Å². The number of hydrogen-bond donors (Lipinski definition) is 1. The SMILES string of the molecule is COCCNC(=O)[C@@H]1CS[C@H](c2ccccc2)N1C(=O)C(C)C. The number of rotatable bonds is 6. The van der Waals surface area contributed by atoms with Crippen molar-refractivity contribution in [3.8, 4) is 0 Å². The molecule has 1 aliphatic heterocycles. The molecule has 0 unspecified atom stereocenters. The number of methoxy groups -OCH3 is 1. The largest absolute Gasteiger partial charge is 0.383 e. The first-order valence-electron chi connectivity index (χ1n) is 7.81. The number of nitrogens with zero attached hydrogens (tertiary/aromatic N) is 1. The van der Waals surface area contributed by atoms with E-state index in [0.29, 0.717) is 18.9 Å². The number of nitrogens with one attached hydrogen (secondary N) is 1. The Hall–Kier alpha value is -1.53. The summed E-state index contributed by atoms with van der Waals surface area (Å²) >= 11 is 1.64. The molecule has 1 aromatic carbocycles. The normalized spacial score (nSPS) is 20.8. The van der Waals surface area contributed by atoms with Crippen LogP contribution in [0.1, 0.15) is 24.8 Å². The van der Waals surface area contributed by atoms with E-state index in [9.17, 15) is 9.59 Å². The van der Waals surface area contributed by atoms with Crippen molar-refractivity contribution >= 4 is 23.6 Å². The van der Waals surface area contributed by atoms with Crippen LogP contribution in [0.5, 0.6) is 0 Å². The first-order valence-corrected chi connectivity index (χ1v) is 8.86. The summed E-state index contributed by atoms with van der Waals surface area (Å²) in [5.41, 5.74) is 1.05. The van der Waals surface area contributed by atoms with Crippen molar-refractivity contribution < 1.29 is 14.3 Å². The number of hydrogen-bond acceptors (Lipinski definition) is 4. The van der Waals surface area contributed by atoms with Gasteiger partial charge in [0.05, 0.1) is 6.61 Å². The lowest BCUT2D eigenvalue weighted by Gasteiger charge is -2.30. The van der Waals surface area contributed by atoms with Gasteiger partial charge < -0.3 is 15.0 Å². The third kappa shape index (κ3) is 4.26. The fourth-order valence-electron chi connectivity index (χ4n) is 2.54. The van der Waals surface area contributed by atoms with E-state index >= 15 is 0 Å². The van der Waals surface area contributed by atoms with Crippen LogP contribution in [0.3, 0.4) is 0 Å². The minimum absolute atomic E-state index is 0.00995. The van der Waals surface area contributed by atoms with Gasteiger partial charge in [-0.3, -0.25) is 9.59 Å². The first-order chi connectivity index (χ1) is 11.1. The van der Waals surface area contributed by atoms with E-state index in [1.54, 1.807) is 23.8 Å². The van der Waals surface area contributed by atoms with Crippen LogP contribution in [0.15, 0.2) is 30.3 Å². The molecule has 1 heterocycles. The van der Waals surface area contributed by atoms with Crippen LogP contribution in [0.2, 0.25) is 0 Å². The van der Waals surface area contributed by atoms with Gasteiger partial charge in [-0.2, -0.15) is 0 Å². The minimum atomic E-state index is -0.433. The summed E-state index contributed by atoms with van der Waals surface area (Å²) in [6.45, 7) is 4.66. The average molecular weight is 336 g/mol. The Morgan fingerprint density at radius 3 is 2.65 bits per heavy atom. The molecule has 1 N–H and O–H groups in total. The number of amides is 2. The lowest BCUT2D eigenvalue weighted by atomic mass is 10.1. The van der Waals surface area contributed by atoms with Crippen LogP contribution in [0, 0.1) is 5.92 Å². The molecule has 0 radical (unpaired) electrons. The summed E-state index contributed by atoms with van der Waals surface area (Å²) in [6, 6.07) is 9.44. The summed E-state index contributed by atoms with van der Waals surface area (Å²) in [7, 11) is 1.59. The molecule has 2 amide bonds. The molecule has 0 aliphatic carbocycles. The van der Waals surface area contributed by atoms with Crippen LogP contribution in [0.4, 0.5) is 0 Å². The second-order valence-electron chi connectivity index (χ2n) is 5.80. The molecule has 1 fully saturated rings. The lowest BCUT2D eigenvalue weighted by molar-refractivity contribution is -0.142. The monoisotopic (exact) mass is 336 g/mol. The first kappa shape index (κ1) is 17.8. The highest BCUT2D eigenvalue weighted by Gasteiger charge is 2.42. The van der Waals surface area contributed by atoms with Gasteiger partial charge in [-0.05, 0) is 5.56 Å². The van der Waals surface area contributed by atoms with Gasteiger partial charge in [0.1, 0.15) is 11.4 Å². The third-order valence-corrected chi connectivity index (χ3v) is 5.06. The number of thioether (sulfide) groups is 1. The molecule has 0 bridgehead atoms. The van der Waals surface area contributed by atoms with Crippen LogP contribution in [0.25, 0.3) is 0 Å². The highest BCUT2D eigenvalue weighted by atomic mass is 32.2. The second kappa shape index (κ2) is 8.36. The predicted molar refractivity (Wildman–Crippen MR) is 92.0 cm³/mol. The second-order valence-corrected chi connectivity index (χ2v) is 6.91. The van der Waals surface area contributed by atoms with Crippen molar-refractivity contribution in [2.24, 2.45) is 5.92 Å². The smallest absolute Gasteiger partial charge is 0.243 e. The number of benzene rings is 1. The van der Waals surface area contributed by atoms with Crippen molar-refractivity contribution in [3.63, 3.8) is 0 Å². The van der Waals surface area contributed by atoms with Gasteiger partial charge in [-0.1, -0.05) is 44.2 Å². The fourth-order valence-corrected chi connectivity index (χ4v) is 3.98. The molecule has 2 rings (SSSR count). The lowest BCUT2D eigenvalue weighted by Crippen LogP contribution is -2.49. The van der Waals surface area contributed by atoms with Gasteiger partial charge in [0.25, 0.3) is 0 Å². The Bertz CT molecular complexity index is 536. The van der Waals surface area contributed by atoms with E-state index in [2.05, 4.69) is 5.32 Å². The minimum Gasteiger partial charge on any atom is -0.383 e. The zero-order chi connectivity index (χ0) is 16.8. The Labute approximate surface area is 141 Å². The zero-order valence-corrected chi connectivity index (χ0v) is 14.6. The molecule has 2 atom stereocenters. The molecule has 5 nitrogen and oxygen atoms in total. The molecule has 1 aliphatic rings. The van der Waals surface area contributed by atoms with E-state index in [-0.39, 0.29) is 23.1 Å². The average Bonchev–Trinajstić information content (AvgIpc) is 2.99. The maximum atomic E-state index is 12.7. The summed E-state index contributed by atoms with van der Waals surface area (Å²) in [5, 5.41) is 2.74. The van der Waals surface area contributed by atoms with E-state index in [0.717, 1.165) is 5.56 Å². The molecule has 0 saturated carbocycles. The van der Waals surface area contributed by atoms with E-state index in [1.807, 2.05) is 44.2 Å². The van der Waals surface area contributed by atoms with E-state index in [4.69, 9.17) is 4.74 Å². The quantitative estimate of drug-likeness (QED) is 0.808. The third-order valence-electron chi connectivity index (χ3n) is 3.74. The molecule has 126 valence electrons. The molecule has 0 spiro atoms. The molecule has 6 heteroatoms. The summed E-state index contributed by atoms with van der Waals surface area (Å²) in [6.07, 6.45) is 0. The highest BCUT2D eigenvalue weighted by molar-refractivity contribution is 7.99. The van der Waals surface area contributed by atoms with Gasteiger partial charge in [0, 0.05) is 25.3 Å². The molecule has 1 aromatic rings. The van der Waals surface area contributed by atoms with Crippen molar-refractivity contribution in [1.29, 1.82) is 0 Å². The van der Waals surface area contributed by atoms with Crippen LogP contribution in [-0.4, -0.2) is 48.8 Å². The van der Waals surface area contributed by atoms with Crippen LogP contribution < -0.4 is 5.32 Å². The van der Waals surface area contributed by atoms with Crippen LogP contribution in [-0.2, 0) is 14.3 Å². The predicted octanol–water partition coefficient (Wildman–Crippen LogP) is 2.05. The van der Waals surface area contributed by atoms with E-state index in [1.165, 1.54) is 0 Å². The highest BCUT2D eigenvalue weighted by Crippen LogP contribution is 2.42. The van der Waals surface area contributed by atoms with Gasteiger partial charge >= 0.3 is 0 Å². The van der Waals surface area contributed by atoms with Crippen LogP contribution >= 0.6 is 11.8 Å². The van der Waals surface area contributed by atoms with Crippen molar-refractivity contribution in [3.05, 3.63) is 35.9 Å². The van der Waals surface area contributed by atoms with Crippen molar-refractivity contribution in [2.75, 3.05) is 26.0 Å². The maximum absolute atomic E-state index is 12.7. The zero-order valence-electron chi connectivity index (χ0n) is 13.8. The summed E-state index contributed by atoms with van der Waals surface area (Å²) in [5.74, 6) is 0.364. The Kier molecular flexibility index (Phi) is 6.47. The van der Waals surface area contributed by atoms with Crippen molar-refractivity contribution in [1.82, 2.24) is 10.2 Å². The van der Waals surface area contributed by atoms with E-state index < -0.39 is 6.04 Å². The van der Waals surface area contributed by atoms with Gasteiger partial charge in [-0.15, -0.1) is 11.8 Å². The molecular weight excluding hydrogens is 312 g/mol. The number of ether oxygens (including phenoxy) is 1.